The fourth-order valence-electron chi connectivity index (χ4n) is 3.98. The van der Waals surface area contributed by atoms with Crippen molar-refractivity contribution in [2.45, 2.75) is 0 Å². The third-order valence-corrected chi connectivity index (χ3v) is 5.71. The first-order valence-electron chi connectivity index (χ1n) is 11.2. The van der Waals surface area contributed by atoms with E-state index in [1.807, 2.05) is 107 Å². The maximum Gasteiger partial charge on any atom is 0.151 e. The molecule has 0 fully saturated rings. The number of allylic oxidation sites excluding steroid dienone is 1. The zero-order valence-electron chi connectivity index (χ0n) is 19.3. The number of nitrogens with zero attached hydrogens (tertiary/aromatic N) is 5. The molecule has 3 aromatic carbocycles. The number of fused-ring (bicyclic) bond motifs is 1. The first-order chi connectivity index (χ1) is 17.2. The fourth-order valence-corrected chi connectivity index (χ4v) is 3.98. The predicted molar refractivity (Wildman–Crippen MR) is 139 cm³/mol. The summed E-state index contributed by atoms with van der Waals surface area (Å²) in [6.45, 7) is 4.13. The summed E-state index contributed by atoms with van der Waals surface area (Å²) in [5.74, 6) is 1.37. The molecule has 0 atom stereocenters. The highest BCUT2D eigenvalue weighted by atomic mass is 16.5. The molecule has 0 saturated carbocycles. The van der Waals surface area contributed by atoms with Crippen LogP contribution in [0.15, 0.2) is 97.7 Å². The highest BCUT2D eigenvalue weighted by Crippen LogP contribution is 2.29. The summed E-state index contributed by atoms with van der Waals surface area (Å²) in [4.78, 5) is 4.71. The van der Waals surface area contributed by atoms with E-state index in [1.54, 1.807) is 6.08 Å². The molecule has 2 heterocycles. The van der Waals surface area contributed by atoms with Crippen LogP contribution < -0.4 is 4.74 Å². The maximum atomic E-state index is 10.1. The normalized spacial score (nSPS) is 11.4. The molecule has 2 aromatic heterocycles. The van der Waals surface area contributed by atoms with Gasteiger partial charge in [-0.05, 0) is 54.6 Å². The molecule has 0 spiro atoms. The Morgan fingerprint density at radius 1 is 1.03 bits per heavy atom. The van der Waals surface area contributed by atoms with Gasteiger partial charge in [-0.25, -0.2) is 9.67 Å². The molecule has 0 N–H and O–H groups in total. The number of hydrogen-bond acceptors (Lipinski definition) is 4. The summed E-state index contributed by atoms with van der Waals surface area (Å²) in [6.07, 6.45) is 5.50. The van der Waals surface area contributed by atoms with Crippen LogP contribution in [0.4, 0.5) is 0 Å². The zero-order chi connectivity index (χ0) is 24.2. The van der Waals surface area contributed by atoms with Crippen molar-refractivity contribution in [1.29, 1.82) is 5.26 Å². The van der Waals surface area contributed by atoms with E-state index in [0.29, 0.717) is 18.0 Å². The minimum Gasteiger partial charge on any atom is -0.490 e. The molecule has 6 nitrogen and oxygen atoms in total. The van der Waals surface area contributed by atoms with Gasteiger partial charge >= 0.3 is 0 Å². The molecule has 0 unspecified atom stereocenters. The van der Waals surface area contributed by atoms with E-state index < -0.39 is 0 Å². The minimum absolute atomic E-state index is 0.444. The van der Waals surface area contributed by atoms with Gasteiger partial charge in [-0.2, -0.15) is 10.4 Å². The second-order valence-electron chi connectivity index (χ2n) is 7.99. The summed E-state index contributed by atoms with van der Waals surface area (Å²) in [7, 11) is 1.92. The highest BCUT2D eigenvalue weighted by Gasteiger charge is 2.16. The van der Waals surface area contributed by atoms with E-state index >= 15 is 0 Å². The Balaban J connectivity index is 1.63. The first kappa shape index (κ1) is 21.9. The Labute approximate surface area is 203 Å². The van der Waals surface area contributed by atoms with Crippen LogP contribution in [0.3, 0.4) is 0 Å². The van der Waals surface area contributed by atoms with Crippen molar-refractivity contribution >= 4 is 22.7 Å². The van der Waals surface area contributed by atoms with Gasteiger partial charge in [-0.15, -0.1) is 0 Å². The van der Waals surface area contributed by atoms with Gasteiger partial charge in [0.2, 0.25) is 0 Å². The molecule has 5 rings (SSSR count). The molecule has 170 valence electrons. The lowest BCUT2D eigenvalue weighted by Crippen LogP contribution is -1.96. The topological polar surface area (TPSA) is 68.7 Å². The van der Waals surface area contributed by atoms with Crippen LogP contribution in [-0.4, -0.2) is 25.9 Å². The van der Waals surface area contributed by atoms with Crippen LogP contribution >= 0.6 is 0 Å². The number of aryl methyl sites for hydroxylation is 1. The van der Waals surface area contributed by atoms with E-state index in [-0.39, 0.29) is 0 Å². The van der Waals surface area contributed by atoms with Gasteiger partial charge in [0, 0.05) is 24.4 Å². The summed E-state index contributed by atoms with van der Waals surface area (Å²) < 4.78 is 9.39. The van der Waals surface area contributed by atoms with Gasteiger partial charge in [0.25, 0.3) is 0 Å². The molecular weight excluding hydrogens is 434 g/mol. The van der Waals surface area contributed by atoms with Crippen LogP contribution in [0.5, 0.6) is 5.75 Å². The van der Waals surface area contributed by atoms with Crippen LogP contribution in [0.1, 0.15) is 11.4 Å². The van der Waals surface area contributed by atoms with Crippen molar-refractivity contribution in [3.05, 3.63) is 109 Å². The lowest BCUT2D eigenvalue weighted by Gasteiger charge is -2.05. The van der Waals surface area contributed by atoms with Crippen LogP contribution in [0, 0.1) is 11.3 Å². The third kappa shape index (κ3) is 4.35. The Morgan fingerprint density at radius 2 is 1.77 bits per heavy atom. The molecule has 6 heteroatoms. The Hall–Kier alpha value is -4.89. The number of aromatic nitrogens is 4. The second kappa shape index (κ2) is 9.54. The SMILES string of the molecule is C=CCOc1ccc(-c2nn(-c3ccccc3)cc2/C=C(/C#N)c2nc3ccccc3n2C)cc1. The second-order valence-corrected chi connectivity index (χ2v) is 7.99. The lowest BCUT2D eigenvalue weighted by atomic mass is 10.1. The summed E-state index contributed by atoms with van der Waals surface area (Å²) >= 11 is 0. The van der Waals surface area contributed by atoms with Crippen molar-refractivity contribution in [1.82, 2.24) is 19.3 Å². The fraction of sp³-hybridized carbons (Fsp3) is 0.0690. The average molecular weight is 458 g/mol. The van der Waals surface area contributed by atoms with Gasteiger partial charge in [0.15, 0.2) is 5.82 Å². The minimum atomic E-state index is 0.444. The van der Waals surface area contributed by atoms with Gasteiger partial charge < -0.3 is 9.30 Å². The van der Waals surface area contributed by atoms with Crippen molar-refractivity contribution in [2.24, 2.45) is 7.05 Å². The summed E-state index contributed by atoms with van der Waals surface area (Å²) in [5.41, 5.74) is 5.71. The van der Waals surface area contributed by atoms with E-state index in [1.165, 1.54) is 0 Å². The molecule has 5 aromatic rings. The van der Waals surface area contributed by atoms with Crippen molar-refractivity contribution in [3.63, 3.8) is 0 Å². The Morgan fingerprint density at radius 3 is 2.49 bits per heavy atom. The molecule has 0 aliphatic heterocycles. The molecule has 0 bridgehead atoms. The number of imidazole rings is 1. The molecule has 0 saturated heterocycles. The van der Waals surface area contributed by atoms with Crippen LogP contribution in [-0.2, 0) is 7.05 Å². The number of ether oxygens (including phenoxy) is 1. The lowest BCUT2D eigenvalue weighted by molar-refractivity contribution is 0.363. The quantitative estimate of drug-likeness (QED) is 0.220. The largest absolute Gasteiger partial charge is 0.490 e. The highest BCUT2D eigenvalue weighted by molar-refractivity contribution is 5.93. The number of rotatable bonds is 7. The van der Waals surface area contributed by atoms with Gasteiger partial charge in [0.1, 0.15) is 18.4 Å². The standard InChI is InChI=1S/C29H23N5O/c1-3-17-35-25-15-13-21(14-16-25)28-23(20-34(32-28)24-9-5-4-6-10-24)18-22(19-30)29-31-26-11-7-8-12-27(26)33(29)2/h3-16,18,20H,1,17H2,2H3/b22-18-. The van der Waals surface area contributed by atoms with Crippen LogP contribution in [0.25, 0.3) is 39.6 Å². The number of para-hydroxylation sites is 3. The van der Waals surface area contributed by atoms with Gasteiger partial charge in [-0.3, -0.25) is 0 Å². The van der Waals surface area contributed by atoms with Crippen LogP contribution in [0.2, 0.25) is 0 Å². The Bertz CT molecular complexity index is 1570. The first-order valence-corrected chi connectivity index (χ1v) is 11.2. The van der Waals surface area contributed by atoms with Crippen molar-refractivity contribution in [2.75, 3.05) is 6.61 Å². The zero-order valence-corrected chi connectivity index (χ0v) is 19.3. The maximum absolute atomic E-state index is 10.1. The average Bonchev–Trinajstić information content (AvgIpc) is 3.48. The summed E-state index contributed by atoms with van der Waals surface area (Å²) in [6, 6.07) is 27.8. The van der Waals surface area contributed by atoms with Gasteiger partial charge in [-0.1, -0.05) is 43.0 Å². The Kier molecular flexibility index (Phi) is 5.98. The van der Waals surface area contributed by atoms with E-state index in [4.69, 9.17) is 14.8 Å². The molecule has 0 aliphatic carbocycles. The van der Waals surface area contributed by atoms with E-state index in [2.05, 4.69) is 12.6 Å². The predicted octanol–water partition coefficient (Wildman–Crippen LogP) is 6.05. The molecule has 0 amide bonds. The number of nitriles is 1. The molecular formula is C29H23N5O. The summed E-state index contributed by atoms with van der Waals surface area (Å²) in [5, 5.41) is 14.9. The van der Waals surface area contributed by atoms with Crippen molar-refractivity contribution in [3.8, 4) is 28.8 Å². The monoisotopic (exact) mass is 457 g/mol. The van der Waals surface area contributed by atoms with E-state index in [0.717, 1.165) is 39.3 Å². The van der Waals surface area contributed by atoms with Gasteiger partial charge in [0.05, 0.1) is 28.0 Å². The molecule has 0 radical (unpaired) electrons. The van der Waals surface area contributed by atoms with E-state index in [9.17, 15) is 5.26 Å². The smallest absolute Gasteiger partial charge is 0.151 e. The number of benzene rings is 3. The van der Waals surface area contributed by atoms with Crippen molar-refractivity contribution < 1.29 is 4.74 Å². The molecule has 35 heavy (non-hydrogen) atoms. The molecule has 0 aliphatic rings. The number of hydrogen-bond donors (Lipinski definition) is 0. The third-order valence-electron chi connectivity index (χ3n) is 5.71.